The van der Waals surface area contributed by atoms with Crippen LogP contribution in [0.4, 0.5) is 0 Å². The molecule has 3 aromatic carbocycles. The molecule has 1 aliphatic heterocycles. The van der Waals surface area contributed by atoms with Gasteiger partial charge in [0.15, 0.2) is 23.0 Å². The van der Waals surface area contributed by atoms with Gasteiger partial charge in [-0.05, 0) is 61.0 Å². The van der Waals surface area contributed by atoms with Gasteiger partial charge in [-0.25, -0.2) is 10.2 Å². The Morgan fingerprint density at radius 1 is 1.03 bits per heavy atom. The van der Waals surface area contributed by atoms with Crippen LogP contribution in [-0.4, -0.2) is 37.9 Å². The van der Waals surface area contributed by atoms with Crippen molar-refractivity contribution in [2.24, 2.45) is 5.10 Å². The highest BCUT2D eigenvalue weighted by molar-refractivity contribution is 6.33. The summed E-state index contributed by atoms with van der Waals surface area (Å²) in [5, 5.41) is 4.30. The first-order valence-electron chi connectivity index (χ1n) is 10.5. The molecular formula is C25H21ClN2O6. The van der Waals surface area contributed by atoms with E-state index in [1.807, 2.05) is 6.92 Å². The summed E-state index contributed by atoms with van der Waals surface area (Å²) in [7, 11) is 0. The van der Waals surface area contributed by atoms with Crippen LogP contribution in [0.1, 0.15) is 33.2 Å². The zero-order chi connectivity index (χ0) is 23.9. The van der Waals surface area contributed by atoms with Crippen LogP contribution in [0.5, 0.6) is 23.0 Å². The van der Waals surface area contributed by atoms with Crippen LogP contribution in [0.15, 0.2) is 65.8 Å². The number of esters is 1. The molecule has 0 bridgehead atoms. The second kappa shape index (κ2) is 10.7. The van der Waals surface area contributed by atoms with Gasteiger partial charge in [0.2, 0.25) is 0 Å². The number of hydrogen-bond donors (Lipinski definition) is 1. The second-order valence-corrected chi connectivity index (χ2v) is 7.47. The average Bonchev–Trinajstić information content (AvgIpc) is 2.85. The van der Waals surface area contributed by atoms with Crippen molar-refractivity contribution in [1.29, 1.82) is 0 Å². The summed E-state index contributed by atoms with van der Waals surface area (Å²) in [6.45, 7) is 3.08. The number of nitrogens with one attached hydrogen (secondary N) is 1. The van der Waals surface area contributed by atoms with Gasteiger partial charge in [-0.3, -0.25) is 4.79 Å². The number of nitrogens with zero attached hydrogens (tertiary/aromatic N) is 1. The number of benzene rings is 3. The number of ether oxygens (including phenoxy) is 4. The molecule has 1 aliphatic rings. The zero-order valence-corrected chi connectivity index (χ0v) is 19.0. The molecule has 1 heterocycles. The van der Waals surface area contributed by atoms with Crippen LogP contribution in [0, 0.1) is 0 Å². The molecule has 3 aromatic rings. The quantitative estimate of drug-likeness (QED) is 0.232. The molecule has 1 N–H and O–H groups in total. The first-order valence-corrected chi connectivity index (χ1v) is 10.9. The molecule has 174 valence electrons. The maximum absolute atomic E-state index is 12.5. The highest BCUT2D eigenvalue weighted by Crippen LogP contribution is 2.31. The van der Waals surface area contributed by atoms with Gasteiger partial charge in [0.25, 0.3) is 5.91 Å². The van der Waals surface area contributed by atoms with Crippen LogP contribution in [0.2, 0.25) is 5.02 Å². The van der Waals surface area contributed by atoms with E-state index in [0.717, 1.165) is 0 Å². The Hall–Kier alpha value is -4.04. The third-order valence-electron chi connectivity index (χ3n) is 4.75. The lowest BCUT2D eigenvalue weighted by Crippen LogP contribution is -2.19. The van der Waals surface area contributed by atoms with E-state index >= 15 is 0 Å². The lowest BCUT2D eigenvalue weighted by atomic mass is 10.2. The van der Waals surface area contributed by atoms with Crippen molar-refractivity contribution >= 4 is 29.7 Å². The van der Waals surface area contributed by atoms with Crippen LogP contribution in [-0.2, 0) is 0 Å². The Kier molecular flexibility index (Phi) is 7.29. The van der Waals surface area contributed by atoms with Crippen LogP contribution < -0.4 is 24.4 Å². The third-order valence-corrected chi connectivity index (χ3v) is 5.08. The van der Waals surface area contributed by atoms with Gasteiger partial charge in [-0.2, -0.15) is 5.10 Å². The standard InChI is InChI=1S/C25H21ClN2O6/c1-2-31-22-13-16(7-9-21(22)34-25(30)18-5-3-4-6-19(18)26)15-27-28-24(29)17-8-10-20-23(14-17)33-12-11-32-20/h3-10,13-15H,2,11-12H2,1H3,(H,28,29). The fourth-order valence-electron chi connectivity index (χ4n) is 3.15. The molecule has 0 saturated heterocycles. The number of carbonyl (C=O) groups is 2. The average molecular weight is 481 g/mol. The Morgan fingerprint density at radius 2 is 1.82 bits per heavy atom. The number of fused-ring (bicyclic) bond motifs is 1. The van der Waals surface area contributed by atoms with Crippen molar-refractivity contribution in [2.75, 3.05) is 19.8 Å². The van der Waals surface area contributed by atoms with Gasteiger partial charge < -0.3 is 18.9 Å². The van der Waals surface area contributed by atoms with Gasteiger partial charge in [-0.1, -0.05) is 23.7 Å². The largest absolute Gasteiger partial charge is 0.490 e. The normalized spacial score (nSPS) is 12.3. The van der Waals surface area contributed by atoms with Crippen molar-refractivity contribution in [3.05, 3.63) is 82.4 Å². The highest BCUT2D eigenvalue weighted by Gasteiger charge is 2.16. The molecule has 0 aromatic heterocycles. The van der Waals surface area contributed by atoms with Crippen LogP contribution in [0.3, 0.4) is 0 Å². The minimum atomic E-state index is -0.598. The van der Waals surface area contributed by atoms with E-state index in [-0.39, 0.29) is 11.3 Å². The van der Waals surface area contributed by atoms with E-state index in [1.54, 1.807) is 60.7 Å². The molecule has 8 nitrogen and oxygen atoms in total. The lowest BCUT2D eigenvalue weighted by Gasteiger charge is -2.18. The number of halogens is 1. The minimum Gasteiger partial charge on any atom is -0.490 e. The predicted molar refractivity (Wildman–Crippen MR) is 127 cm³/mol. The Bertz CT molecular complexity index is 1240. The molecule has 34 heavy (non-hydrogen) atoms. The third kappa shape index (κ3) is 5.47. The van der Waals surface area contributed by atoms with Crippen molar-refractivity contribution in [2.45, 2.75) is 6.92 Å². The minimum absolute atomic E-state index is 0.240. The highest BCUT2D eigenvalue weighted by atomic mass is 35.5. The van der Waals surface area contributed by atoms with Gasteiger partial charge >= 0.3 is 5.97 Å². The van der Waals surface area contributed by atoms with Gasteiger partial charge in [0.05, 0.1) is 23.4 Å². The maximum atomic E-state index is 12.5. The molecule has 0 fully saturated rings. The van der Waals surface area contributed by atoms with Gasteiger partial charge in [-0.15, -0.1) is 0 Å². The molecule has 1 amide bonds. The summed E-state index contributed by atoms with van der Waals surface area (Å²) in [5.41, 5.74) is 3.74. The maximum Gasteiger partial charge on any atom is 0.345 e. The van der Waals surface area contributed by atoms with Crippen LogP contribution in [0.25, 0.3) is 0 Å². The molecule has 9 heteroatoms. The first kappa shape index (κ1) is 23.1. The SMILES string of the molecule is CCOc1cc(C=NNC(=O)c2ccc3c(c2)OCCO3)ccc1OC(=O)c1ccccc1Cl. The first-order chi connectivity index (χ1) is 16.5. The number of amides is 1. The van der Waals surface area contributed by atoms with Crippen molar-refractivity contribution < 1.29 is 28.5 Å². The van der Waals surface area contributed by atoms with E-state index in [1.165, 1.54) is 6.21 Å². The van der Waals surface area contributed by atoms with Crippen molar-refractivity contribution in [1.82, 2.24) is 5.43 Å². The lowest BCUT2D eigenvalue weighted by molar-refractivity contribution is 0.0728. The molecule has 0 unspecified atom stereocenters. The molecule has 4 rings (SSSR count). The molecule has 0 spiro atoms. The topological polar surface area (TPSA) is 95.5 Å². The number of carbonyl (C=O) groups excluding carboxylic acids is 2. The van der Waals surface area contributed by atoms with E-state index in [0.29, 0.717) is 53.2 Å². The fraction of sp³-hybridized carbons (Fsp3) is 0.160. The van der Waals surface area contributed by atoms with E-state index in [2.05, 4.69) is 10.5 Å². The molecule has 0 saturated carbocycles. The second-order valence-electron chi connectivity index (χ2n) is 7.07. The summed E-state index contributed by atoms with van der Waals surface area (Å²) in [4.78, 5) is 24.9. The number of hydrogen-bond acceptors (Lipinski definition) is 7. The van der Waals surface area contributed by atoms with E-state index in [9.17, 15) is 9.59 Å². The van der Waals surface area contributed by atoms with Gasteiger partial charge in [0, 0.05) is 5.56 Å². The van der Waals surface area contributed by atoms with E-state index in [4.69, 9.17) is 30.5 Å². The molecular weight excluding hydrogens is 460 g/mol. The molecule has 0 aliphatic carbocycles. The summed E-state index contributed by atoms with van der Waals surface area (Å²) < 4.78 is 22.0. The summed E-state index contributed by atoms with van der Waals surface area (Å²) in [5.74, 6) is 0.716. The van der Waals surface area contributed by atoms with Gasteiger partial charge in [0.1, 0.15) is 13.2 Å². The molecule has 0 atom stereocenters. The Labute approximate surface area is 201 Å². The van der Waals surface area contributed by atoms with Crippen molar-refractivity contribution in [3.63, 3.8) is 0 Å². The Morgan fingerprint density at radius 3 is 2.62 bits per heavy atom. The molecule has 0 radical (unpaired) electrons. The monoisotopic (exact) mass is 480 g/mol. The predicted octanol–water partition coefficient (Wildman–Crippen LogP) is 4.49. The Balaban J connectivity index is 1.44. The van der Waals surface area contributed by atoms with E-state index < -0.39 is 11.9 Å². The van der Waals surface area contributed by atoms with Crippen LogP contribution >= 0.6 is 11.6 Å². The zero-order valence-electron chi connectivity index (χ0n) is 18.2. The summed E-state index contributed by atoms with van der Waals surface area (Å²) in [6, 6.07) is 16.5. The summed E-state index contributed by atoms with van der Waals surface area (Å²) >= 11 is 6.08. The number of hydrazone groups is 1. The van der Waals surface area contributed by atoms with Crippen molar-refractivity contribution in [3.8, 4) is 23.0 Å². The number of rotatable bonds is 7. The summed E-state index contributed by atoms with van der Waals surface area (Å²) in [6.07, 6.45) is 1.46. The fourth-order valence-corrected chi connectivity index (χ4v) is 3.37. The smallest absolute Gasteiger partial charge is 0.345 e.